The van der Waals surface area contributed by atoms with Crippen LogP contribution in [-0.2, 0) is 5.41 Å². The van der Waals surface area contributed by atoms with Gasteiger partial charge in [0.15, 0.2) is 0 Å². The van der Waals surface area contributed by atoms with Gasteiger partial charge in [0, 0.05) is 33.2 Å². The van der Waals surface area contributed by atoms with Crippen LogP contribution in [0.4, 0.5) is 17.1 Å². The zero-order valence-corrected chi connectivity index (χ0v) is 32.1. The molecule has 0 aliphatic heterocycles. The molecule has 0 fully saturated rings. The minimum Gasteiger partial charge on any atom is -0.456 e. The normalized spacial score (nSPS) is 12.7. The van der Waals surface area contributed by atoms with Gasteiger partial charge in [-0.1, -0.05) is 164 Å². The lowest BCUT2D eigenvalue weighted by Crippen LogP contribution is -2.22. The second-order valence-electron chi connectivity index (χ2n) is 15.4. The van der Waals surface area contributed by atoms with Gasteiger partial charge >= 0.3 is 0 Å². The van der Waals surface area contributed by atoms with Crippen molar-refractivity contribution in [2.45, 2.75) is 12.3 Å². The van der Waals surface area contributed by atoms with E-state index in [4.69, 9.17) is 4.42 Å². The molecule has 1 aliphatic carbocycles. The molecule has 0 saturated carbocycles. The number of rotatable bonds is 7. The van der Waals surface area contributed by atoms with Crippen LogP contribution in [0.5, 0.6) is 0 Å². The van der Waals surface area contributed by atoms with Gasteiger partial charge in [-0.2, -0.15) is 0 Å². The molecule has 10 aromatic rings. The monoisotopic (exact) mass is 741 g/mol. The van der Waals surface area contributed by atoms with Crippen LogP contribution in [0, 0.1) is 0 Å². The number of fused-ring (bicyclic) bond motifs is 6. The van der Waals surface area contributed by atoms with Gasteiger partial charge in [0.1, 0.15) is 11.2 Å². The second kappa shape index (κ2) is 13.7. The molecule has 0 atom stereocenters. The maximum atomic E-state index is 6.56. The highest BCUT2D eigenvalue weighted by Gasteiger charge is 2.40. The first-order valence-corrected chi connectivity index (χ1v) is 20.0. The van der Waals surface area contributed by atoms with Gasteiger partial charge in [-0.05, 0) is 123 Å². The average Bonchev–Trinajstić information content (AvgIpc) is 3.81. The lowest BCUT2D eigenvalue weighted by Gasteiger charge is -2.28. The van der Waals surface area contributed by atoms with Crippen molar-refractivity contribution in [2.24, 2.45) is 0 Å². The highest BCUT2D eigenvalue weighted by Crippen LogP contribution is 2.53. The van der Waals surface area contributed by atoms with Gasteiger partial charge in [-0.15, -0.1) is 0 Å². The predicted octanol–water partition coefficient (Wildman–Crippen LogP) is 15.4. The Labute approximate surface area is 338 Å². The Bertz CT molecular complexity index is 2960. The van der Waals surface area contributed by atoms with E-state index in [0.717, 1.165) is 50.1 Å². The zero-order chi connectivity index (χ0) is 38.6. The molecule has 9 aromatic carbocycles. The summed E-state index contributed by atoms with van der Waals surface area (Å²) >= 11 is 0. The van der Waals surface area contributed by atoms with E-state index in [-0.39, 0.29) is 5.41 Å². The minimum absolute atomic E-state index is 0.288. The van der Waals surface area contributed by atoms with Crippen molar-refractivity contribution in [1.82, 2.24) is 0 Å². The van der Waals surface area contributed by atoms with E-state index in [9.17, 15) is 0 Å². The van der Waals surface area contributed by atoms with Crippen LogP contribution in [0.25, 0.3) is 66.4 Å². The summed E-state index contributed by atoms with van der Waals surface area (Å²) in [6, 6.07) is 78.8. The van der Waals surface area contributed by atoms with E-state index >= 15 is 0 Å². The molecule has 1 aromatic heterocycles. The summed E-state index contributed by atoms with van der Waals surface area (Å²) in [5.41, 5.74) is 18.4. The quantitative estimate of drug-likeness (QED) is 0.162. The average molecular weight is 742 g/mol. The second-order valence-corrected chi connectivity index (χ2v) is 15.4. The van der Waals surface area contributed by atoms with Gasteiger partial charge in [0.25, 0.3) is 0 Å². The molecule has 58 heavy (non-hydrogen) atoms. The summed E-state index contributed by atoms with van der Waals surface area (Å²) in [5.74, 6) is 0. The van der Waals surface area contributed by atoms with E-state index in [1.807, 2.05) is 0 Å². The highest BCUT2D eigenvalue weighted by molar-refractivity contribution is 6.13. The fourth-order valence-electron chi connectivity index (χ4n) is 9.25. The molecule has 0 radical (unpaired) electrons. The van der Waals surface area contributed by atoms with Gasteiger partial charge in [-0.25, -0.2) is 0 Å². The van der Waals surface area contributed by atoms with Crippen molar-refractivity contribution in [1.29, 1.82) is 0 Å². The van der Waals surface area contributed by atoms with E-state index in [2.05, 4.69) is 230 Å². The number of benzene rings is 9. The van der Waals surface area contributed by atoms with Crippen LogP contribution in [-0.4, -0.2) is 0 Å². The van der Waals surface area contributed by atoms with Crippen molar-refractivity contribution >= 4 is 39.0 Å². The number of nitrogens with zero attached hydrogens (tertiary/aromatic N) is 1. The lowest BCUT2D eigenvalue weighted by molar-refractivity contribution is 0.667. The largest absolute Gasteiger partial charge is 0.456 e. The van der Waals surface area contributed by atoms with Crippen molar-refractivity contribution in [2.75, 3.05) is 4.90 Å². The zero-order valence-electron chi connectivity index (χ0n) is 32.1. The summed E-state index contributed by atoms with van der Waals surface area (Å²) in [5, 5.41) is 2.27. The smallest absolute Gasteiger partial charge is 0.136 e. The Morgan fingerprint density at radius 2 is 0.810 bits per heavy atom. The Kier molecular flexibility index (Phi) is 7.97. The van der Waals surface area contributed by atoms with Crippen LogP contribution >= 0.6 is 0 Å². The maximum Gasteiger partial charge on any atom is 0.136 e. The highest BCUT2D eigenvalue weighted by atomic mass is 16.3. The third-order valence-electron chi connectivity index (χ3n) is 12.2. The third kappa shape index (κ3) is 5.49. The third-order valence-corrected chi connectivity index (χ3v) is 12.2. The molecule has 2 nitrogen and oxygen atoms in total. The van der Waals surface area contributed by atoms with Crippen molar-refractivity contribution in [3.63, 3.8) is 0 Å². The standard InChI is InChI=1S/C56H39NO/c1-56(51-20-10-8-17-48(51)49-18-9-11-21-52(49)56)43-29-36-53-50(37-43)55-47(19-12-22-54(55)58-53)42-27-34-46(35-28-42)57(44-30-23-40(24-31-44)38-13-4-2-5-14-38)45-32-25-41(26-33-45)39-15-6-3-7-16-39/h2-37H,1H3. The molecule has 11 rings (SSSR count). The molecule has 1 heterocycles. The summed E-state index contributed by atoms with van der Waals surface area (Å²) in [6.07, 6.45) is 0. The number of anilines is 3. The van der Waals surface area contributed by atoms with Gasteiger partial charge < -0.3 is 9.32 Å². The fourth-order valence-corrected chi connectivity index (χ4v) is 9.25. The van der Waals surface area contributed by atoms with Crippen LogP contribution in [0.2, 0.25) is 0 Å². The van der Waals surface area contributed by atoms with Crippen LogP contribution in [0.1, 0.15) is 23.6 Å². The van der Waals surface area contributed by atoms with Crippen molar-refractivity contribution in [3.8, 4) is 44.5 Å². The van der Waals surface area contributed by atoms with E-state index < -0.39 is 0 Å². The topological polar surface area (TPSA) is 16.4 Å². The first-order chi connectivity index (χ1) is 28.6. The van der Waals surface area contributed by atoms with E-state index in [1.54, 1.807) is 0 Å². The van der Waals surface area contributed by atoms with Crippen molar-refractivity contribution in [3.05, 3.63) is 235 Å². The summed E-state index contributed by atoms with van der Waals surface area (Å²) < 4.78 is 6.56. The molecule has 0 spiro atoms. The van der Waals surface area contributed by atoms with E-state index in [1.165, 1.54) is 50.1 Å². The maximum absolute atomic E-state index is 6.56. The van der Waals surface area contributed by atoms with E-state index in [0.29, 0.717) is 0 Å². The minimum atomic E-state index is -0.288. The molecular weight excluding hydrogens is 703 g/mol. The molecule has 0 bridgehead atoms. The van der Waals surface area contributed by atoms with Gasteiger partial charge in [0.05, 0.1) is 0 Å². The molecule has 1 aliphatic rings. The Morgan fingerprint density at radius 1 is 0.362 bits per heavy atom. The van der Waals surface area contributed by atoms with Crippen LogP contribution < -0.4 is 4.90 Å². The molecule has 0 saturated heterocycles. The summed E-state index contributed by atoms with van der Waals surface area (Å²) in [4.78, 5) is 2.34. The Morgan fingerprint density at radius 3 is 1.34 bits per heavy atom. The predicted molar refractivity (Wildman–Crippen MR) is 242 cm³/mol. The molecule has 2 heteroatoms. The lowest BCUT2D eigenvalue weighted by atomic mass is 9.74. The Balaban J connectivity index is 1.00. The molecular formula is C56H39NO. The molecule has 0 amide bonds. The first kappa shape index (κ1) is 33.9. The number of hydrogen-bond acceptors (Lipinski definition) is 2. The summed E-state index contributed by atoms with van der Waals surface area (Å²) in [6.45, 7) is 2.37. The molecule has 274 valence electrons. The van der Waals surface area contributed by atoms with Gasteiger partial charge in [0.2, 0.25) is 0 Å². The number of hydrogen-bond donors (Lipinski definition) is 0. The first-order valence-electron chi connectivity index (χ1n) is 20.0. The fraction of sp³-hybridized carbons (Fsp3) is 0.0357. The van der Waals surface area contributed by atoms with Gasteiger partial charge in [-0.3, -0.25) is 0 Å². The molecule has 0 N–H and O–H groups in total. The molecule has 0 unspecified atom stereocenters. The summed E-state index contributed by atoms with van der Waals surface area (Å²) in [7, 11) is 0. The van der Waals surface area contributed by atoms with Crippen LogP contribution in [0.3, 0.4) is 0 Å². The van der Waals surface area contributed by atoms with Crippen LogP contribution in [0.15, 0.2) is 223 Å². The van der Waals surface area contributed by atoms with Crippen molar-refractivity contribution < 1.29 is 4.42 Å². The number of furan rings is 1. The SMILES string of the molecule is CC1(c2ccc3oc4cccc(-c5ccc(N(c6ccc(-c7ccccc7)cc6)c6ccc(-c7ccccc7)cc6)cc5)c4c3c2)c2ccccc2-c2ccccc21. The Hall–Kier alpha value is -7.42.